The minimum Gasteiger partial charge on any atom is -0.393 e. The molecule has 1 heteroatoms. The van der Waals surface area contributed by atoms with E-state index in [2.05, 4.69) is 0 Å². The van der Waals surface area contributed by atoms with Crippen molar-refractivity contribution in [3.8, 4) is 0 Å². The van der Waals surface area contributed by atoms with Gasteiger partial charge in [-0.15, -0.1) is 0 Å². The summed E-state index contributed by atoms with van der Waals surface area (Å²) in [7, 11) is 0. The standard InChI is InChI=1S/C15H24O/c16-14(13-1-2-13)9-15-6-10-3-11(7-15)5-12(4-10)8-15/h10-14,16H,1-9H2. The van der Waals surface area contributed by atoms with E-state index in [1.165, 1.54) is 51.4 Å². The van der Waals surface area contributed by atoms with Crippen molar-refractivity contribution in [2.75, 3.05) is 0 Å². The average Bonchev–Trinajstić information content (AvgIpc) is 2.96. The average molecular weight is 220 g/mol. The van der Waals surface area contributed by atoms with E-state index in [9.17, 15) is 5.11 Å². The zero-order valence-corrected chi connectivity index (χ0v) is 10.2. The van der Waals surface area contributed by atoms with Crippen LogP contribution in [0.25, 0.3) is 0 Å². The predicted molar refractivity (Wildman–Crippen MR) is 64.0 cm³/mol. The summed E-state index contributed by atoms with van der Waals surface area (Å²) in [4.78, 5) is 0. The maximum absolute atomic E-state index is 10.2. The van der Waals surface area contributed by atoms with Crippen molar-refractivity contribution < 1.29 is 5.11 Å². The van der Waals surface area contributed by atoms with Crippen molar-refractivity contribution in [1.29, 1.82) is 0 Å². The topological polar surface area (TPSA) is 20.2 Å². The van der Waals surface area contributed by atoms with Gasteiger partial charge in [-0.2, -0.15) is 0 Å². The van der Waals surface area contributed by atoms with Crippen LogP contribution in [0, 0.1) is 29.1 Å². The molecule has 5 fully saturated rings. The quantitative estimate of drug-likeness (QED) is 0.773. The van der Waals surface area contributed by atoms with Gasteiger partial charge in [0.05, 0.1) is 6.10 Å². The summed E-state index contributed by atoms with van der Waals surface area (Å²) in [6.45, 7) is 0. The van der Waals surface area contributed by atoms with Crippen molar-refractivity contribution in [1.82, 2.24) is 0 Å². The fraction of sp³-hybridized carbons (Fsp3) is 1.00. The van der Waals surface area contributed by atoms with Crippen LogP contribution in [0.2, 0.25) is 0 Å². The first kappa shape index (κ1) is 9.94. The van der Waals surface area contributed by atoms with Gasteiger partial charge in [-0.05, 0) is 86.9 Å². The van der Waals surface area contributed by atoms with Crippen LogP contribution in [0.1, 0.15) is 57.8 Å². The van der Waals surface area contributed by atoms with Crippen LogP contribution in [0.5, 0.6) is 0 Å². The number of hydrogen-bond donors (Lipinski definition) is 1. The number of rotatable bonds is 3. The second kappa shape index (κ2) is 3.25. The Hall–Kier alpha value is -0.0400. The minimum atomic E-state index is 0.0521. The highest BCUT2D eigenvalue weighted by Gasteiger charge is 2.52. The van der Waals surface area contributed by atoms with Crippen LogP contribution in [-0.2, 0) is 0 Å². The van der Waals surface area contributed by atoms with E-state index >= 15 is 0 Å². The van der Waals surface area contributed by atoms with E-state index in [0.29, 0.717) is 11.3 Å². The van der Waals surface area contributed by atoms with E-state index in [4.69, 9.17) is 0 Å². The second-order valence-corrected chi connectivity index (χ2v) is 7.53. The molecule has 90 valence electrons. The van der Waals surface area contributed by atoms with Crippen LogP contribution in [0.15, 0.2) is 0 Å². The molecule has 0 spiro atoms. The van der Waals surface area contributed by atoms with Crippen molar-refractivity contribution in [3.63, 3.8) is 0 Å². The molecule has 0 heterocycles. The lowest BCUT2D eigenvalue weighted by molar-refractivity contribution is -0.0783. The van der Waals surface area contributed by atoms with Crippen molar-refractivity contribution in [3.05, 3.63) is 0 Å². The number of aliphatic hydroxyl groups is 1. The Kier molecular flexibility index (Phi) is 2.02. The lowest BCUT2D eigenvalue weighted by Crippen LogP contribution is -2.47. The Balaban J connectivity index is 1.52. The van der Waals surface area contributed by atoms with E-state index < -0.39 is 0 Å². The molecular weight excluding hydrogens is 196 g/mol. The van der Waals surface area contributed by atoms with Gasteiger partial charge >= 0.3 is 0 Å². The lowest BCUT2D eigenvalue weighted by atomic mass is 9.48. The highest BCUT2D eigenvalue weighted by molar-refractivity contribution is 5.03. The van der Waals surface area contributed by atoms with Gasteiger partial charge in [-0.1, -0.05) is 0 Å². The summed E-state index contributed by atoms with van der Waals surface area (Å²) in [6, 6.07) is 0. The first-order chi connectivity index (χ1) is 7.72. The summed E-state index contributed by atoms with van der Waals surface area (Å²) in [5.74, 6) is 3.81. The van der Waals surface area contributed by atoms with Gasteiger partial charge in [-0.3, -0.25) is 0 Å². The molecule has 1 atom stereocenters. The summed E-state index contributed by atoms with van der Waals surface area (Å²) in [5.41, 5.74) is 0.594. The highest BCUT2D eigenvalue weighted by Crippen LogP contribution is 2.62. The van der Waals surface area contributed by atoms with Gasteiger partial charge in [0.1, 0.15) is 0 Å². The normalized spacial score (nSPS) is 51.9. The summed E-state index contributed by atoms with van der Waals surface area (Å²) in [6.07, 6.45) is 12.8. The molecule has 5 aliphatic rings. The van der Waals surface area contributed by atoms with Crippen molar-refractivity contribution in [2.24, 2.45) is 29.1 Å². The molecular formula is C15H24O. The molecule has 0 amide bonds. The summed E-state index contributed by atoms with van der Waals surface area (Å²) >= 11 is 0. The number of hydrogen-bond acceptors (Lipinski definition) is 1. The largest absolute Gasteiger partial charge is 0.393 e. The van der Waals surface area contributed by atoms with Crippen molar-refractivity contribution >= 4 is 0 Å². The second-order valence-electron chi connectivity index (χ2n) is 7.53. The van der Waals surface area contributed by atoms with Crippen LogP contribution < -0.4 is 0 Å². The molecule has 0 radical (unpaired) electrons. The first-order valence-electron chi connectivity index (χ1n) is 7.40. The number of aliphatic hydroxyl groups excluding tert-OH is 1. The van der Waals surface area contributed by atoms with Gasteiger partial charge in [0, 0.05) is 0 Å². The monoisotopic (exact) mass is 220 g/mol. The third kappa shape index (κ3) is 1.54. The smallest absolute Gasteiger partial charge is 0.0573 e. The Bertz CT molecular complexity index is 257. The molecule has 5 saturated carbocycles. The Morgan fingerprint density at radius 2 is 1.44 bits per heavy atom. The van der Waals surface area contributed by atoms with Crippen LogP contribution in [0.4, 0.5) is 0 Å². The third-order valence-corrected chi connectivity index (χ3v) is 5.97. The van der Waals surface area contributed by atoms with Gasteiger partial charge < -0.3 is 5.11 Å². The molecule has 1 nitrogen and oxygen atoms in total. The molecule has 16 heavy (non-hydrogen) atoms. The third-order valence-electron chi connectivity index (χ3n) is 5.97. The van der Waals surface area contributed by atoms with E-state index in [1.807, 2.05) is 0 Å². The fourth-order valence-electron chi connectivity index (χ4n) is 5.63. The van der Waals surface area contributed by atoms with Gasteiger partial charge in [0.2, 0.25) is 0 Å². The lowest BCUT2D eigenvalue weighted by Gasteiger charge is -2.57. The van der Waals surface area contributed by atoms with Crippen LogP contribution in [-0.4, -0.2) is 11.2 Å². The van der Waals surface area contributed by atoms with Gasteiger partial charge in [0.15, 0.2) is 0 Å². The minimum absolute atomic E-state index is 0.0521. The molecule has 0 aromatic heterocycles. The summed E-state index contributed by atoms with van der Waals surface area (Å²) in [5, 5.41) is 10.2. The van der Waals surface area contributed by atoms with E-state index in [0.717, 1.165) is 24.2 Å². The van der Waals surface area contributed by atoms with E-state index in [1.54, 1.807) is 0 Å². The van der Waals surface area contributed by atoms with Gasteiger partial charge in [-0.25, -0.2) is 0 Å². The Labute approximate surface area is 98.6 Å². The first-order valence-corrected chi connectivity index (χ1v) is 7.40. The maximum atomic E-state index is 10.2. The maximum Gasteiger partial charge on any atom is 0.0573 e. The molecule has 1 N–H and O–H groups in total. The molecule has 5 aliphatic carbocycles. The fourth-order valence-corrected chi connectivity index (χ4v) is 5.63. The molecule has 0 aliphatic heterocycles. The zero-order valence-electron chi connectivity index (χ0n) is 10.2. The zero-order chi connectivity index (χ0) is 10.8. The molecule has 0 aromatic carbocycles. The molecule has 1 unspecified atom stereocenters. The van der Waals surface area contributed by atoms with Crippen LogP contribution in [0.3, 0.4) is 0 Å². The van der Waals surface area contributed by atoms with Gasteiger partial charge in [0.25, 0.3) is 0 Å². The molecule has 5 rings (SSSR count). The molecule has 0 saturated heterocycles. The predicted octanol–water partition coefficient (Wildman–Crippen LogP) is 3.36. The highest BCUT2D eigenvalue weighted by atomic mass is 16.3. The van der Waals surface area contributed by atoms with Crippen molar-refractivity contribution in [2.45, 2.75) is 63.9 Å². The molecule has 0 aromatic rings. The Morgan fingerprint density at radius 1 is 0.938 bits per heavy atom. The van der Waals surface area contributed by atoms with Crippen LogP contribution >= 0.6 is 0 Å². The van der Waals surface area contributed by atoms with E-state index in [-0.39, 0.29) is 6.10 Å². The Morgan fingerprint density at radius 3 is 1.88 bits per heavy atom. The molecule has 4 bridgehead atoms. The SMILES string of the molecule is OC(CC12CC3CC(CC(C3)C1)C2)C1CC1. The summed E-state index contributed by atoms with van der Waals surface area (Å²) < 4.78 is 0.